The lowest BCUT2D eigenvalue weighted by atomic mass is 10.1. The molecule has 1 heterocycles. The van der Waals surface area contributed by atoms with Crippen molar-refractivity contribution >= 4 is 11.7 Å². The van der Waals surface area contributed by atoms with E-state index in [9.17, 15) is 9.90 Å². The molecule has 0 amide bonds. The van der Waals surface area contributed by atoms with E-state index in [1.807, 2.05) is 37.4 Å². The summed E-state index contributed by atoms with van der Waals surface area (Å²) in [4.78, 5) is 11.0. The minimum Gasteiger partial charge on any atom is -0.507 e. The highest BCUT2D eigenvalue weighted by Crippen LogP contribution is 2.31. The zero-order chi connectivity index (χ0) is 18.0. The topological polar surface area (TPSA) is 97.7 Å². The Morgan fingerprint density at radius 2 is 1.88 bits per heavy atom. The summed E-state index contributed by atoms with van der Waals surface area (Å²) in [5.41, 5.74) is 8.94. The predicted octanol–water partition coefficient (Wildman–Crippen LogP) is 3.53. The molecule has 0 saturated heterocycles. The lowest BCUT2D eigenvalue weighted by molar-refractivity contribution is 0.0693. The maximum Gasteiger partial charge on any atom is 0.339 e. The Bertz CT molecular complexity index is 914. The van der Waals surface area contributed by atoms with Crippen molar-refractivity contribution in [2.45, 2.75) is 6.92 Å². The summed E-state index contributed by atoms with van der Waals surface area (Å²) >= 11 is 0. The van der Waals surface area contributed by atoms with Crippen LogP contribution in [-0.2, 0) is 0 Å². The average Bonchev–Trinajstić information content (AvgIpc) is 2.97. The molecule has 0 atom stereocenters. The third-order valence-electron chi connectivity index (χ3n) is 3.84. The summed E-state index contributed by atoms with van der Waals surface area (Å²) in [6.07, 6.45) is 3.56. The van der Waals surface area contributed by atoms with E-state index >= 15 is 0 Å². The lowest BCUT2D eigenvalue weighted by Gasteiger charge is -2.06. The fraction of sp³-hybridized carbons (Fsp3) is 0.105. The first-order chi connectivity index (χ1) is 12.0. The van der Waals surface area contributed by atoms with E-state index in [0.717, 1.165) is 16.9 Å². The highest BCUT2D eigenvalue weighted by molar-refractivity contribution is 5.91. The number of carboxylic acid groups (broad SMARTS) is 1. The van der Waals surface area contributed by atoms with Crippen molar-refractivity contribution in [2.75, 3.05) is 12.3 Å². The number of carbonyl (C=O) groups is 1. The second kappa shape index (κ2) is 6.60. The van der Waals surface area contributed by atoms with Crippen LogP contribution in [0.2, 0.25) is 0 Å². The van der Waals surface area contributed by atoms with Crippen LogP contribution >= 0.6 is 0 Å². The summed E-state index contributed by atoms with van der Waals surface area (Å²) in [7, 11) is 0. The molecular weight excluding hydrogens is 320 g/mol. The fourth-order valence-electron chi connectivity index (χ4n) is 2.62. The van der Waals surface area contributed by atoms with Crippen molar-refractivity contribution in [3.05, 3.63) is 60.4 Å². The van der Waals surface area contributed by atoms with Gasteiger partial charge in [0.05, 0.1) is 12.3 Å². The third-order valence-corrected chi connectivity index (χ3v) is 3.84. The van der Waals surface area contributed by atoms with Crippen molar-refractivity contribution in [1.29, 1.82) is 0 Å². The minimum atomic E-state index is -1.17. The summed E-state index contributed by atoms with van der Waals surface area (Å²) in [5, 5.41) is 18.8. The number of hydrogen-bond acceptors (Lipinski definition) is 4. The van der Waals surface area contributed by atoms with Crippen LogP contribution in [0, 0.1) is 0 Å². The second-order valence-electron chi connectivity index (χ2n) is 5.50. The molecule has 6 nitrogen and oxygen atoms in total. The number of hydrogen-bond donors (Lipinski definition) is 3. The standard InChI is InChI=1S/C19H18N2O4/c1-2-25-14-6-3-12(4-7-14)16-10-21(11-17(16)20)13-5-8-15(19(23)24)18(22)9-13/h3-11,22H,2,20H2,1H3,(H,23,24). The van der Waals surface area contributed by atoms with E-state index in [-0.39, 0.29) is 11.3 Å². The maximum absolute atomic E-state index is 11.0. The van der Waals surface area contributed by atoms with Gasteiger partial charge < -0.3 is 25.3 Å². The van der Waals surface area contributed by atoms with Gasteiger partial charge in [-0.3, -0.25) is 0 Å². The van der Waals surface area contributed by atoms with Gasteiger partial charge in [0.25, 0.3) is 0 Å². The number of carboxylic acids is 1. The molecule has 0 unspecified atom stereocenters. The van der Waals surface area contributed by atoms with Gasteiger partial charge >= 0.3 is 5.97 Å². The first-order valence-corrected chi connectivity index (χ1v) is 7.77. The van der Waals surface area contributed by atoms with Gasteiger partial charge in [-0.2, -0.15) is 0 Å². The molecule has 0 aliphatic carbocycles. The highest BCUT2D eigenvalue weighted by atomic mass is 16.5. The molecule has 2 aromatic carbocycles. The Morgan fingerprint density at radius 3 is 2.48 bits per heavy atom. The van der Waals surface area contributed by atoms with E-state index in [2.05, 4.69) is 0 Å². The number of anilines is 1. The average molecular weight is 338 g/mol. The molecule has 3 rings (SSSR count). The number of aromatic carboxylic acids is 1. The van der Waals surface area contributed by atoms with Crippen LogP contribution in [0.5, 0.6) is 11.5 Å². The van der Waals surface area contributed by atoms with Gasteiger partial charge in [-0.15, -0.1) is 0 Å². The van der Waals surface area contributed by atoms with Gasteiger partial charge in [-0.1, -0.05) is 12.1 Å². The van der Waals surface area contributed by atoms with E-state index in [1.165, 1.54) is 12.1 Å². The van der Waals surface area contributed by atoms with Crippen LogP contribution < -0.4 is 10.5 Å². The Morgan fingerprint density at radius 1 is 1.16 bits per heavy atom. The first-order valence-electron chi connectivity index (χ1n) is 7.77. The number of aromatic nitrogens is 1. The Balaban J connectivity index is 1.95. The molecule has 6 heteroatoms. The SMILES string of the molecule is CCOc1ccc(-c2cn(-c3ccc(C(=O)O)c(O)c3)cc2N)cc1. The van der Waals surface area contributed by atoms with E-state index < -0.39 is 5.97 Å². The van der Waals surface area contributed by atoms with Crippen molar-refractivity contribution < 1.29 is 19.7 Å². The lowest BCUT2D eigenvalue weighted by Crippen LogP contribution is -1.98. The van der Waals surface area contributed by atoms with Gasteiger partial charge in [-0.25, -0.2) is 4.79 Å². The van der Waals surface area contributed by atoms with Gasteiger partial charge in [0.1, 0.15) is 17.1 Å². The zero-order valence-corrected chi connectivity index (χ0v) is 13.6. The van der Waals surface area contributed by atoms with Gasteiger partial charge in [0, 0.05) is 29.7 Å². The van der Waals surface area contributed by atoms with Crippen molar-refractivity contribution in [1.82, 2.24) is 4.57 Å². The quantitative estimate of drug-likeness (QED) is 0.661. The number of nitrogens with two attached hydrogens (primary N) is 1. The number of phenols is 1. The molecular formula is C19H18N2O4. The second-order valence-corrected chi connectivity index (χ2v) is 5.50. The Kier molecular flexibility index (Phi) is 4.35. The highest BCUT2D eigenvalue weighted by Gasteiger charge is 2.12. The number of ether oxygens (including phenoxy) is 1. The molecule has 0 fully saturated rings. The molecule has 0 bridgehead atoms. The number of rotatable bonds is 5. The maximum atomic E-state index is 11.0. The van der Waals surface area contributed by atoms with Gasteiger partial charge in [-0.05, 0) is 36.8 Å². The van der Waals surface area contributed by atoms with E-state index in [1.54, 1.807) is 16.8 Å². The molecule has 1 aromatic heterocycles. The smallest absolute Gasteiger partial charge is 0.339 e. The number of nitrogen functional groups attached to an aromatic ring is 1. The van der Waals surface area contributed by atoms with Crippen LogP contribution in [0.25, 0.3) is 16.8 Å². The number of nitrogens with zero attached hydrogens (tertiary/aromatic N) is 1. The van der Waals surface area contributed by atoms with Crippen molar-refractivity contribution in [3.63, 3.8) is 0 Å². The van der Waals surface area contributed by atoms with Crippen LogP contribution in [-0.4, -0.2) is 27.4 Å². The normalized spacial score (nSPS) is 10.6. The predicted molar refractivity (Wildman–Crippen MR) is 95.4 cm³/mol. The molecule has 0 aliphatic rings. The number of benzene rings is 2. The molecule has 0 saturated carbocycles. The molecule has 128 valence electrons. The van der Waals surface area contributed by atoms with Crippen LogP contribution in [0.4, 0.5) is 5.69 Å². The van der Waals surface area contributed by atoms with Crippen LogP contribution in [0.3, 0.4) is 0 Å². The molecule has 0 aliphatic heterocycles. The monoisotopic (exact) mass is 338 g/mol. The van der Waals surface area contributed by atoms with E-state index in [4.69, 9.17) is 15.6 Å². The molecule has 25 heavy (non-hydrogen) atoms. The molecule has 3 aromatic rings. The Labute approximate surface area is 144 Å². The first kappa shape index (κ1) is 16.4. The minimum absolute atomic E-state index is 0.143. The summed E-state index contributed by atoms with van der Waals surface area (Å²) in [6, 6.07) is 12.0. The Hall–Kier alpha value is -3.41. The summed E-state index contributed by atoms with van der Waals surface area (Å²) < 4.78 is 7.18. The summed E-state index contributed by atoms with van der Waals surface area (Å²) in [6.45, 7) is 2.53. The van der Waals surface area contributed by atoms with Gasteiger partial charge in [0.15, 0.2) is 0 Å². The largest absolute Gasteiger partial charge is 0.507 e. The van der Waals surface area contributed by atoms with E-state index in [0.29, 0.717) is 18.0 Å². The molecule has 0 radical (unpaired) electrons. The zero-order valence-electron chi connectivity index (χ0n) is 13.6. The molecule has 4 N–H and O–H groups in total. The van der Waals surface area contributed by atoms with Gasteiger partial charge in [0.2, 0.25) is 0 Å². The molecule has 0 spiro atoms. The fourth-order valence-corrected chi connectivity index (χ4v) is 2.62. The van der Waals surface area contributed by atoms with Crippen LogP contribution in [0.15, 0.2) is 54.9 Å². The summed E-state index contributed by atoms with van der Waals surface area (Å²) in [5.74, 6) is -0.676. The van der Waals surface area contributed by atoms with Crippen molar-refractivity contribution in [3.8, 4) is 28.3 Å². The third kappa shape index (κ3) is 3.28. The number of aromatic hydroxyl groups is 1. The van der Waals surface area contributed by atoms with Crippen LogP contribution in [0.1, 0.15) is 17.3 Å². The van der Waals surface area contributed by atoms with Crippen molar-refractivity contribution in [2.24, 2.45) is 0 Å².